The van der Waals surface area contributed by atoms with Gasteiger partial charge in [0.05, 0.1) is 6.04 Å². The van der Waals surface area contributed by atoms with Gasteiger partial charge in [0.25, 0.3) is 0 Å². The molecule has 2 heterocycles. The maximum Gasteiger partial charge on any atom is 0.221 e. The molecule has 1 aliphatic rings. The molecule has 22 heavy (non-hydrogen) atoms. The molecule has 3 N–H and O–H groups in total. The lowest BCUT2D eigenvalue weighted by Crippen LogP contribution is -2.40. The highest BCUT2D eigenvalue weighted by Crippen LogP contribution is 2.19. The number of likely N-dealkylation sites (tertiary alicyclic amines) is 1. The van der Waals surface area contributed by atoms with Crippen LogP contribution in [-0.2, 0) is 9.59 Å². The number of primary amides is 1. The van der Waals surface area contributed by atoms with Gasteiger partial charge in [-0.15, -0.1) is 11.3 Å². The molecule has 1 saturated heterocycles. The minimum Gasteiger partial charge on any atom is -0.369 e. The molecule has 2 rings (SSSR count). The number of amides is 2. The van der Waals surface area contributed by atoms with Crippen molar-refractivity contribution in [3.05, 3.63) is 16.6 Å². The second kappa shape index (κ2) is 8.24. The molecule has 7 heteroatoms. The fraction of sp³-hybridized carbons (Fsp3) is 0.667. The second-order valence-corrected chi connectivity index (χ2v) is 6.59. The van der Waals surface area contributed by atoms with E-state index in [0.29, 0.717) is 6.42 Å². The smallest absolute Gasteiger partial charge is 0.221 e. The number of hydrogen-bond acceptors (Lipinski definition) is 5. The van der Waals surface area contributed by atoms with Gasteiger partial charge in [0.15, 0.2) is 0 Å². The predicted molar refractivity (Wildman–Crippen MR) is 86.3 cm³/mol. The number of carbonyl (C=O) groups excluding carboxylic acids is 2. The van der Waals surface area contributed by atoms with Gasteiger partial charge in [0.2, 0.25) is 11.8 Å². The lowest BCUT2D eigenvalue weighted by atomic mass is 9.96. The highest BCUT2D eigenvalue weighted by Gasteiger charge is 2.23. The first kappa shape index (κ1) is 16.9. The Balaban J connectivity index is 1.71. The van der Waals surface area contributed by atoms with Crippen molar-refractivity contribution in [2.45, 2.75) is 38.6 Å². The number of rotatable bonds is 7. The van der Waals surface area contributed by atoms with Crippen LogP contribution in [0.1, 0.15) is 43.7 Å². The second-order valence-electron chi connectivity index (χ2n) is 5.67. The zero-order chi connectivity index (χ0) is 15.9. The van der Waals surface area contributed by atoms with E-state index in [1.165, 1.54) is 0 Å². The van der Waals surface area contributed by atoms with Crippen LogP contribution in [0.4, 0.5) is 0 Å². The number of nitrogens with zero attached hydrogens (tertiary/aromatic N) is 2. The quantitative estimate of drug-likeness (QED) is 0.791. The first-order chi connectivity index (χ1) is 10.6. The van der Waals surface area contributed by atoms with Crippen molar-refractivity contribution in [2.75, 3.05) is 19.6 Å². The highest BCUT2D eigenvalue weighted by atomic mass is 32.1. The zero-order valence-electron chi connectivity index (χ0n) is 13.0. The summed E-state index contributed by atoms with van der Waals surface area (Å²) in [4.78, 5) is 29.7. The molecular weight excluding hydrogens is 300 g/mol. The van der Waals surface area contributed by atoms with E-state index in [1.54, 1.807) is 17.5 Å². The van der Waals surface area contributed by atoms with Crippen molar-refractivity contribution < 1.29 is 9.59 Å². The van der Waals surface area contributed by atoms with Gasteiger partial charge in [-0.25, -0.2) is 4.98 Å². The Hall–Kier alpha value is -1.47. The summed E-state index contributed by atoms with van der Waals surface area (Å²) in [5, 5.41) is 5.92. The van der Waals surface area contributed by atoms with E-state index in [9.17, 15) is 9.59 Å². The molecule has 2 amide bonds. The fourth-order valence-electron chi connectivity index (χ4n) is 2.71. The monoisotopic (exact) mass is 324 g/mol. The molecule has 1 aromatic rings. The van der Waals surface area contributed by atoms with Crippen molar-refractivity contribution >= 4 is 23.2 Å². The van der Waals surface area contributed by atoms with Crippen LogP contribution in [0.3, 0.4) is 0 Å². The summed E-state index contributed by atoms with van der Waals surface area (Å²) in [6, 6.07) is 0.00750. The maximum absolute atomic E-state index is 12.1. The third-order valence-electron chi connectivity index (χ3n) is 4.14. The third-order valence-corrected chi connectivity index (χ3v) is 5.03. The molecule has 0 aliphatic carbocycles. The lowest BCUT2D eigenvalue weighted by Gasteiger charge is -2.30. The molecule has 6 nitrogen and oxygen atoms in total. The summed E-state index contributed by atoms with van der Waals surface area (Å²) < 4.78 is 0. The topological polar surface area (TPSA) is 88.3 Å². The molecule has 0 saturated carbocycles. The molecule has 1 aliphatic heterocycles. The SMILES string of the molecule is CC[C@@H](NC(=O)CCN1CCC(C(N)=O)CC1)c1nccs1. The Kier molecular flexibility index (Phi) is 6.33. The largest absolute Gasteiger partial charge is 0.369 e. The summed E-state index contributed by atoms with van der Waals surface area (Å²) in [5.41, 5.74) is 5.32. The Labute approximate surface area is 135 Å². The van der Waals surface area contributed by atoms with Crippen LogP contribution in [0.5, 0.6) is 0 Å². The van der Waals surface area contributed by atoms with Gasteiger partial charge in [-0.1, -0.05) is 6.92 Å². The van der Waals surface area contributed by atoms with Gasteiger partial charge in [0.1, 0.15) is 5.01 Å². The number of carbonyl (C=O) groups is 2. The van der Waals surface area contributed by atoms with Crippen molar-refractivity contribution in [1.82, 2.24) is 15.2 Å². The van der Waals surface area contributed by atoms with Crippen molar-refractivity contribution in [2.24, 2.45) is 11.7 Å². The van der Waals surface area contributed by atoms with Gasteiger partial charge in [-0.05, 0) is 32.4 Å². The zero-order valence-corrected chi connectivity index (χ0v) is 13.8. The number of nitrogens with one attached hydrogen (secondary N) is 1. The molecule has 0 spiro atoms. The van der Waals surface area contributed by atoms with Crippen LogP contribution in [0.25, 0.3) is 0 Å². The molecular formula is C15H24N4O2S. The van der Waals surface area contributed by atoms with Crippen LogP contribution in [0, 0.1) is 5.92 Å². The van der Waals surface area contributed by atoms with Gasteiger partial charge in [0, 0.05) is 30.5 Å². The van der Waals surface area contributed by atoms with Crippen molar-refractivity contribution in [3.8, 4) is 0 Å². The minimum atomic E-state index is -0.202. The van der Waals surface area contributed by atoms with E-state index in [1.807, 2.05) is 12.3 Å². The Bertz CT molecular complexity index is 484. The number of piperidine rings is 1. The summed E-state index contributed by atoms with van der Waals surface area (Å²) >= 11 is 1.57. The number of aromatic nitrogens is 1. The average molecular weight is 324 g/mol. The molecule has 0 unspecified atom stereocenters. The number of nitrogens with two attached hydrogens (primary N) is 1. The van der Waals surface area contributed by atoms with Crippen molar-refractivity contribution in [3.63, 3.8) is 0 Å². The van der Waals surface area contributed by atoms with Gasteiger partial charge in [-0.3, -0.25) is 9.59 Å². The molecule has 122 valence electrons. The highest BCUT2D eigenvalue weighted by molar-refractivity contribution is 7.09. The maximum atomic E-state index is 12.1. The first-order valence-electron chi connectivity index (χ1n) is 7.80. The molecule has 1 aromatic heterocycles. The molecule has 0 aromatic carbocycles. The summed E-state index contributed by atoms with van der Waals surface area (Å²) in [7, 11) is 0. The van der Waals surface area contributed by atoms with Gasteiger partial charge >= 0.3 is 0 Å². The van der Waals surface area contributed by atoms with Crippen LogP contribution in [0.15, 0.2) is 11.6 Å². The van der Waals surface area contributed by atoms with Crippen LogP contribution >= 0.6 is 11.3 Å². The Morgan fingerprint density at radius 3 is 2.77 bits per heavy atom. The van der Waals surface area contributed by atoms with Crippen LogP contribution in [0.2, 0.25) is 0 Å². The lowest BCUT2D eigenvalue weighted by molar-refractivity contribution is -0.124. The molecule has 0 bridgehead atoms. The van der Waals surface area contributed by atoms with E-state index in [4.69, 9.17) is 5.73 Å². The molecule has 1 atom stereocenters. The van der Waals surface area contributed by atoms with Crippen LogP contribution in [-0.4, -0.2) is 41.3 Å². The standard InChI is InChI=1S/C15H24N4O2S/c1-2-12(15-17-6-10-22-15)18-13(20)5-9-19-7-3-11(4-8-19)14(16)21/h6,10-12H,2-5,7-9H2,1H3,(H2,16,21)(H,18,20)/t12-/m1/s1. The van der Waals surface area contributed by atoms with E-state index < -0.39 is 0 Å². The van der Waals surface area contributed by atoms with E-state index in [2.05, 4.69) is 15.2 Å². The van der Waals surface area contributed by atoms with Gasteiger partial charge < -0.3 is 16.0 Å². The predicted octanol–water partition coefficient (Wildman–Crippen LogP) is 1.30. The summed E-state index contributed by atoms with van der Waals surface area (Å²) in [6.07, 6.45) is 4.67. The first-order valence-corrected chi connectivity index (χ1v) is 8.68. The van der Waals surface area contributed by atoms with E-state index >= 15 is 0 Å². The van der Waals surface area contributed by atoms with E-state index in [-0.39, 0.29) is 23.8 Å². The molecule has 1 fully saturated rings. The normalized spacial score (nSPS) is 18.0. The van der Waals surface area contributed by atoms with Crippen LogP contribution < -0.4 is 11.1 Å². The van der Waals surface area contributed by atoms with E-state index in [0.717, 1.165) is 43.9 Å². The van der Waals surface area contributed by atoms with Gasteiger partial charge in [-0.2, -0.15) is 0 Å². The molecule has 0 radical (unpaired) electrons. The number of thiazole rings is 1. The Morgan fingerprint density at radius 1 is 1.50 bits per heavy atom. The minimum absolute atomic E-state index is 0.000508. The summed E-state index contributed by atoms with van der Waals surface area (Å²) in [6.45, 7) is 4.45. The fourth-order valence-corrected chi connectivity index (χ4v) is 3.48. The number of hydrogen-bond donors (Lipinski definition) is 2. The Morgan fingerprint density at radius 2 is 2.23 bits per heavy atom. The van der Waals surface area contributed by atoms with Crippen molar-refractivity contribution in [1.29, 1.82) is 0 Å². The average Bonchev–Trinajstić information content (AvgIpc) is 3.05. The third kappa shape index (κ3) is 4.78. The summed E-state index contributed by atoms with van der Waals surface area (Å²) in [5.74, 6) is -0.148.